The van der Waals surface area contributed by atoms with Crippen LogP contribution in [0.1, 0.15) is 11.4 Å². The fourth-order valence-electron chi connectivity index (χ4n) is 2.79. The zero-order valence-electron chi connectivity index (χ0n) is 14.8. The van der Waals surface area contributed by atoms with Gasteiger partial charge in [-0.1, -0.05) is 6.07 Å². The van der Waals surface area contributed by atoms with Crippen LogP contribution in [0.15, 0.2) is 35.2 Å². The van der Waals surface area contributed by atoms with Gasteiger partial charge in [0.2, 0.25) is 5.82 Å². The van der Waals surface area contributed by atoms with Crippen LogP contribution in [0.2, 0.25) is 0 Å². The molecule has 1 aromatic heterocycles. The fourth-order valence-corrected chi connectivity index (χ4v) is 3.61. The largest absolute Gasteiger partial charge is 0.449 e. The first-order chi connectivity index (χ1) is 13.3. The summed E-state index contributed by atoms with van der Waals surface area (Å²) in [5.74, 6) is -5.39. The molecule has 0 atom stereocenters. The summed E-state index contributed by atoms with van der Waals surface area (Å²) in [5, 5.41) is 0. The van der Waals surface area contributed by atoms with Crippen molar-refractivity contribution in [1.82, 2.24) is 9.97 Å². The minimum Gasteiger partial charge on any atom is -0.334 e. The lowest BCUT2D eigenvalue weighted by atomic mass is 10.0. The lowest BCUT2D eigenvalue weighted by Gasteiger charge is -2.08. The highest BCUT2D eigenvalue weighted by Crippen LogP contribution is 2.38. The average molecular weight is 434 g/mol. The summed E-state index contributed by atoms with van der Waals surface area (Å²) >= 11 is 0. The van der Waals surface area contributed by atoms with E-state index in [0.717, 1.165) is 6.07 Å². The second kappa shape index (κ2) is 6.90. The van der Waals surface area contributed by atoms with E-state index in [1.165, 1.54) is 12.1 Å². The SMILES string of the molecule is Cc1ccc(-c2[nH]c(C(F)(F)F)nc2-c2cc(F)c(S(C)(=O)=O)c(F)c2)c(F)c1. The number of imidazole rings is 1. The Balaban J connectivity index is 2.31. The first-order valence-corrected chi connectivity index (χ1v) is 9.81. The number of aryl methyl sites for hydroxylation is 1. The molecule has 154 valence electrons. The highest BCUT2D eigenvalue weighted by Gasteiger charge is 2.37. The molecular weight excluding hydrogens is 422 g/mol. The molecule has 0 bridgehead atoms. The molecule has 0 saturated heterocycles. The van der Waals surface area contributed by atoms with E-state index in [4.69, 9.17) is 0 Å². The van der Waals surface area contributed by atoms with Crippen molar-refractivity contribution in [2.75, 3.05) is 6.26 Å². The number of hydrogen-bond acceptors (Lipinski definition) is 3. The van der Waals surface area contributed by atoms with Crippen molar-refractivity contribution in [2.45, 2.75) is 18.0 Å². The van der Waals surface area contributed by atoms with Crippen molar-refractivity contribution in [1.29, 1.82) is 0 Å². The van der Waals surface area contributed by atoms with Crippen LogP contribution in [-0.4, -0.2) is 24.6 Å². The second-order valence-corrected chi connectivity index (χ2v) is 8.28. The van der Waals surface area contributed by atoms with Gasteiger partial charge in [0.05, 0.1) is 11.4 Å². The minimum absolute atomic E-state index is 0.304. The van der Waals surface area contributed by atoms with Gasteiger partial charge in [-0.05, 0) is 36.8 Å². The van der Waals surface area contributed by atoms with Crippen LogP contribution < -0.4 is 0 Å². The molecule has 0 radical (unpaired) electrons. The molecule has 29 heavy (non-hydrogen) atoms. The maximum atomic E-state index is 14.4. The van der Waals surface area contributed by atoms with Gasteiger partial charge in [0, 0.05) is 17.4 Å². The smallest absolute Gasteiger partial charge is 0.334 e. The molecule has 0 aliphatic heterocycles. The van der Waals surface area contributed by atoms with E-state index in [9.17, 15) is 34.8 Å². The second-order valence-electron chi connectivity index (χ2n) is 6.33. The van der Waals surface area contributed by atoms with Crippen molar-refractivity contribution >= 4 is 9.84 Å². The lowest BCUT2D eigenvalue weighted by Crippen LogP contribution is -2.07. The van der Waals surface area contributed by atoms with Crippen LogP contribution in [0, 0.1) is 24.4 Å². The van der Waals surface area contributed by atoms with E-state index < -0.39 is 61.1 Å². The third-order valence-electron chi connectivity index (χ3n) is 4.01. The van der Waals surface area contributed by atoms with E-state index in [2.05, 4.69) is 4.98 Å². The first-order valence-electron chi connectivity index (χ1n) is 7.92. The quantitative estimate of drug-likeness (QED) is 0.597. The Bertz CT molecular complexity index is 1190. The number of benzene rings is 2. The molecule has 11 heteroatoms. The maximum Gasteiger partial charge on any atom is 0.449 e. The standard InChI is InChI=1S/C18H12F6N2O2S/c1-8-3-4-10(11(19)5-8)15-14(25-17(26-15)18(22,23)24)9-6-12(20)16(13(21)7-9)29(2,27)28/h3-7H,1-2H3,(H,25,26). The number of rotatable bonds is 3. The van der Waals surface area contributed by atoms with E-state index >= 15 is 0 Å². The van der Waals surface area contributed by atoms with Gasteiger partial charge in [-0.15, -0.1) is 0 Å². The highest BCUT2D eigenvalue weighted by molar-refractivity contribution is 7.90. The summed E-state index contributed by atoms with van der Waals surface area (Å²) in [7, 11) is -4.27. The molecule has 0 spiro atoms. The van der Waals surface area contributed by atoms with Crippen LogP contribution in [0.25, 0.3) is 22.5 Å². The molecule has 0 unspecified atom stereocenters. The molecule has 0 aliphatic rings. The van der Waals surface area contributed by atoms with Gasteiger partial charge < -0.3 is 4.98 Å². The zero-order chi connectivity index (χ0) is 21.7. The average Bonchev–Trinajstić information content (AvgIpc) is 2.98. The molecule has 3 aromatic rings. The van der Waals surface area contributed by atoms with Gasteiger partial charge >= 0.3 is 6.18 Å². The van der Waals surface area contributed by atoms with E-state index in [1.807, 2.05) is 4.98 Å². The summed E-state index contributed by atoms with van der Waals surface area (Å²) < 4.78 is 105. The number of aromatic nitrogens is 2. The summed E-state index contributed by atoms with van der Waals surface area (Å²) in [6.07, 6.45) is -4.37. The third-order valence-corrected chi connectivity index (χ3v) is 5.14. The van der Waals surface area contributed by atoms with Gasteiger partial charge in [0.15, 0.2) is 9.84 Å². The Kier molecular flexibility index (Phi) is 4.98. The number of nitrogens with zero attached hydrogens (tertiary/aromatic N) is 1. The molecule has 0 fully saturated rings. The fraction of sp³-hybridized carbons (Fsp3) is 0.167. The Labute approximate surface area is 161 Å². The van der Waals surface area contributed by atoms with Gasteiger partial charge in [-0.25, -0.2) is 26.6 Å². The summed E-state index contributed by atoms with van der Waals surface area (Å²) in [6, 6.07) is 4.77. The van der Waals surface area contributed by atoms with Crippen molar-refractivity contribution in [3.8, 4) is 22.5 Å². The van der Waals surface area contributed by atoms with Crippen LogP contribution in [0.5, 0.6) is 0 Å². The molecule has 1 heterocycles. The monoisotopic (exact) mass is 434 g/mol. The zero-order valence-corrected chi connectivity index (χ0v) is 15.6. The van der Waals surface area contributed by atoms with E-state index in [0.29, 0.717) is 24.0 Å². The molecular formula is C18H12F6N2O2S. The predicted molar refractivity (Wildman–Crippen MR) is 92.2 cm³/mol. The molecule has 2 aromatic carbocycles. The third kappa shape index (κ3) is 4.00. The topological polar surface area (TPSA) is 62.8 Å². The number of hydrogen-bond donors (Lipinski definition) is 1. The van der Waals surface area contributed by atoms with Crippen molar-refractivity contribution in [3.05, 3.63) is 59.2 Å². The van der Waals surface area contributed by atoms with Crippen molar-refractivity contribution in [2.24, 2.45) is 0 Å². The maximum absolute atomic E-state index is 14.4. The Morgan fingerprint density at radius 2 is 1.55 bits per heavy atom. The van der Waals surface area contributed by atoms with Gasteiger partial charge in [-0.2, -0.15) is 13.2 Å². The van der Waals surface area contributed by atoms with E-state index in [-0.39, 0.29) is 5.56 Å². The van der Waals surface area contributed by atoms with Crippen molar-refractivity contribution < 1.29 is 34.8 Å². The van der Waals surface area contributed by atoms with Crippen molar-refractivity contribution in [3.63, 3.8) is 0 Å². The number of H-pyrrole nitrogens is 1. The first kappa shape index (κ1) is 20.9. The Hall–Kier alpha value is -2.82. The normalized spacial score (nSPS) is 12.4. The molecule has 1 N–H and O–H groups in total. The van der Waals surface area contributed by atoms with Crippen LogP contribution in [0.3, 0.4) is 0 Å². The number of alkyl halides is 3. The molecule has 0 aliphatic carbocycles. The number of nitrogens with one attached hydrogen (secondary N) is 1. The molecule has 0 amide bonds. The van der Waals surface area contributed by atoms with E-state index in [1.54, 1.807) is 6.92 Å². The predicted octanol–water partition coefficient (Wildman–Crippen LogP) is 4.89. The van der Waals surface area contributed by atoms with Crippen LogP contribution in [-0.2, 0) is 16.0 Å². The number of aromatic amines is 1. The lowest BCUT2D eigenvalue weighted by molar-refractivity contribution is -0.144. The number of halogens is 6. The molecule has 3 rings (SSSR count). The van der Waals surface area contributed by atoms with Crippen LogP contribution in [0.4, 0.5) is 26.3 Å². The Morgan fingerprint density at radius 3 is 2.03 bits per heavy atom. The molecule has 0 saturated carbocycles. The van der Waals surface area contributed by atoms with Gasteiger partial charge in [0.25, 0.3) is 0 Å². The minimum atomic E-state index is -4.95. The summed E-state index contributed by atoms with van der Waals surface area (Å²) in [6.45, 7) is 1.57. The number of sulfone groups is 1. The van der Waals surface area contributed by atoms with Crippen LogP contribution >= 0.6 is 0 Å². The molecule has 4 nitrogen and oxygen atoms in total. The summed E-state index contributed by atoms with van der Waals surface area (Å²) in [4.78, 5) is 4.05. The Morgan fingerprint density at radius 1 is 0.966 bits per heavy atom. The van der Waals surface area contributed by atoms with Gasteiger partial charge in [0.1, 0.15) is 22.3 Å². The van der Waals surface area contributed by atoms with Gasteiger partial charge in [-0.3, -0.25) is 0 Å². The summed E-state index contributed by atoms with van der Waals surface area (Å²) in [5.41, 5.74) is -1.34. The highest BCUT2D eigenvalue weighted by atomic mass is 32.2.